The van der Waals surface area contributed by atoms with Gasteiger partial charge in [-0.05, 0) is 12.1 Å². The number of hydrogen-bond acceptors (Lipinski definition) is 3. The molecule has 2 rings (SSSR count). The molecular weight excluding hydrogens is 249 g/mol. The van der Waals surface area contributed by atoms with Crippen LogP contribution < -0.4 is 10.2 Å². The fourth-order valence-electron chi connectivity index (χ4n) is 1.83. The van der Waals surface area contributed by atoms with Gasteiger partial charge in [0, 0.05) is 24.0 Å². The molecule has 4 nitrogen and oxygen atoms in total. The number of benzene rings is 1. The van der Waals surface area contributed by atoms with E-state index in [1.54, 1.807) is 0 Å². The largest absolute Gasteiger partial charge is 0.405 e. The van der Waals surface area contributed by atoms with Gasteiger partial charge in [-0.2, -0.15) is 13.2 Å². The molecule has 18 heavy (non-hydrogen) atoms. The first-order valence-corrected chi connectivity index (χ1v) is 5.19. The maximum atomic E-state index is 12.2. The summed E-state index contributed by atoms with van der Waals surface area (Å²) in [5.74, 6) is -0.569. The Balaban J connectivity index is 2.23. The lowest BCUT2D eigenvalue weighted by molar-refractivity contribution is -0.123. The van der Waals surface area contributed by atoms with E-state index >= 15 is 0 Å². The van der Waals surface area contributed by atoms with Crippen LogP contribution in [0, 0.1) is 0 Å². The van der Waals surface area contributed by atoms with E-state index in [4.69, 9.17) is 0 Å². The molecule has 1 aliphatic heterocycles. The van der Waals surface area contributed by atoms with Crippen LogP contribution in [0.25, 0.3) is 0 Å². The van der Waals surface area contributed by atoms with Gasteiger partial charge < -0.3 is 15.3 Å². The summed E-state index contributed by atoms with van der Waals surface area (Å²) >= 11 is 0. The Morgan fingerprint density at radius 1 is 1.44 bits per heavy atom. The van der Waals surface area contributed by atoms with Gasteiger partial charge in [0.05, 0.1) is 0 Å². The van der Waals surface area contributed by atoms with Gasteiger partial charge in [0.2, 0.25) is 0 Å². The first kappa shape index (κ1) is 12.7. The minimum absolute atomic E-state index is 0.320. The third kappa shape index (κ3) is 2.40. The van der Waals surface area contributed by atoms with Crippen LogP contribution in [-0.4, -0.2) is 30.8 Å². The minimum Gasteiger partial charge on any atom is -0.378 e. The summed E-state index contributed by atoms with van der Waals surface area (Å²) in [5.41, 5.74) is 1.05. The number of nitrogens with one attached hydrogen (secondary N) is 1. The van der Waals surface area contributed by atoms with Crippen LogP contribution >= 0.6 is 0 Å². The molecule has 2 N–H and O–H groups in total. The molecule has 0 saturated heterocycles. The molecule has 1 aromatic rings. The Morgan fingerprint density at radius 2 is 2.11 bits per heavy atom. The van der Waals surface area contributed by atoms with Crippen molar-refractivity contribution in [2.45, 2.75) is 12.3 Å². The van der Waals surface area contributed by atoms with Gasteiger partial charge in [-0.1, -0.05) is 6.07 Å². The highest BCUT2D eigenvalue weighted by Crippen LogP contribution is 2.34. The Kier molecular flexibility index (Phi) is 2.94. The van der Waals surface area contributed by atoms with Crippen LogP contribution in [0.15, 0.2) is 18.2 Å². The molecule has 1 heterocycles. The summed E-state index contributed by atoms with van der Waals surface area (Å²) in [6.07, 6.45) is -5.54. The van der Waals surface area contributed by atoms with Crippen molar-refractivity contribution in [3.8, 4) is 0 Å². The van der Waals surface area contributed by atoms with Crippen LogP contribution in [0.2, 0.25) is 0 Å². The van der Waals surface area contributed by atoms with Crippen LogP contribution in [0.4, 0.5) is 24.5 Å². The number of carbonyl (C=O) groups is 1. The Morgan fingerprint density at radius 3 is 2.72 bits per heavy atom. The van der Waals surface area contributed by atoms with Crippen LogP contribution in [-0.2, 0) is 4.79 Å². The van der Waals surface area contributed by atoms with Crippen molar-refractivity contribution in [2.75, 3.05) is 23.8 Å². The average Bonchev–Trinajstić information content (AvgIpc) is 2.52. The topological polar surface area (TPSA) is 52.6 Å². The number of hydrogen-bond donors (Lipinski definition) is 2. The first-order valence-electron chi connectivity index (χ1n) is 5.19. The minimum atomic E-state index is -4.30. The predicted molar refractivity (Wildman–Crippen MR) is 59.4 cm³/mol. The highest BCUT2D eigenvalue weighted by Gasteiger charge is 2.31. The van der Waals surface area contributed by atoms with Crippen LogP contribution in [0.1, 0.15) is 11.7 Å². The highest BCUT2D eigenvalue weighted by molar-refractivity contribution is 6.02. The summed E-state index contributed by atoms with van der Waals surface area (Å²) < 4.78 is 36.7. The molecule has 0 fully saturated rings. The lowest BCUT2D eigenvalue weighted by atomic mass is 10.1. The number of amides is 1. The SMILES string of the molecule is CN(CC(F)(F)F)c1ccc2c(c1)NC(=O)C2O. The lowest BCUT2D eigenvalue weighted by Gasteiger charge is -2.21. The lowest BCUT2D eigenvalue weighted by Crippen LogP contribution is -2.30. The molecule has 1 unspecified atom stereocenters. The van der Waals surface area contributed by atoms with Crippen molar-refractivity contribution in [2.24, 2.45) is 0 Å². The number of anilines is 2. The van der Waals surface area contributed by atoms with E-state index in [0.29, 0.717) is 16.9 Å². The zero-order chi connectivity index (χ0) is 13.5. The van der Waals surface area contributed by atoms with Gasteiger partial charge in [-0.25, -0.2) is 0 Å². The Hall–Kier alpha value is -1.76. The van der Waals surface area contributed by atoms with E-state index in [1.165, 1.54) is 25.2 Å². The summed E-state index contributed by atoms with van der Waals surface area (Å²) in [7, 11) is 1.31. The van der Waals surface area contributed by atoms with Crippen LogP contribution in [0.3, 0.4) is 0 Å². The van der Waals surface area contributed by atoms with E-state index in [-0.39, 0.29) is 0 Å². The third-order valence-electron chi connectivity index (χ3n) is 2.69. The first-order chi connectivity index (χ1) is 8.28. The fourth-order valence-corrected chi connectivity index (χ4v) is 1.83. The van der Waals surface area contributed by atoms with Crippen LogP contribution in [0.5, 0.6) is 0 Å². The number of carbonyl (C=O) groups excluding carboxylic acids is 1. The van der Waals surface area contributed by atoms with E-state index in [9.17, 15) is 23.1 Å². The Labute approximate surface area is 101 Å². The van der Waals surface area contributed by atoms with E-state index in [2.05, 4.69) is 5.32 Å². The van der Waals surface area contributed by atoms with Gasteiger partial charge in [0.1, 0.15) is 6.54 Å². The van der Waals surface area contributed by atoms with Gasteiger partial charge >= 0.3 is 6.18 Å². The smallest absolute Gasteiger partial charge is 0.378 e. The molecule has 1 atom stereocenters. The van der Waals surface area contributed by atoms with E-state index < -0.39 is 24.7 Å². The standard InChI is InChI=1S/C11H11F3N2O2/c1-16(5-11(12,13)14)6-2-3-7-8(4-6)15-10(18)9(7)17/h2-4,9,17H,5H2,1H3,(H,15,18). The van der Waals surface area contributed by atoms with Gasteiger partial charge in [-0.15, -0.1) is 0 Å². The Bertz CT molecular complexity index is 488. The van der Waals surface area contributed by atoms with Crippen molar-refractivity contribution in [1.82, 2.24) is 0 Å². The van der Waals surface area contributed by atoms with Crippen molar-refractivity contribution in [3.05, 3.63) is 23.8 Å². The highest BCUT2D eigenvalue weighted by atomic mass is 19.4. The van der Waals surface area contributed by atoms with E-state index in [0.717, 1.165) is 4.90 Å². The molecule has 1 amide bonds. The van der Waals surface area contributed by atoms with Gasteiger partial charge in [0.25, 0.3) is 5.91 Å². The predicted octanol–water partition coefficient (Wildman–Crippen LogP) is 1.67. The zero-order valence-corrected chi connectivity index (χ0v) is 9.45. The molecular formula is C11H11F3N2O2. The summed E-state index contributed by atoms with van der Waals surface area (Å²) in [6.45, 7) is -1.08. The molecule has 98 valence electrons. The fraction of sp³-hybridized carbons (Fsp3) is 0.364. The summed E-state index contributed by atoms with van der Waals surface area (Å²) in [6, 6.07) is 4.30. The molecule has 0 aromatic heterocycles. The average molecular weight is 260 g/mol. The number of rotatable bonds is 2. The zero-order valence-electron chi connectivity index (χ0n) is 9.45. The van der Waals surface area contributed by atoms with E-state index in [1.807, 2.05) is 0 Å². The van der Waals surface area contributed by atoms with Crippen molar-refractivity contribution < 1.29 is 23.1 Å². The quantitative estimate of drug-likeness (QED) is 0.850. The monoisotopic (exact) mass is 260 g/mol. The van der Waals surface area contributed by atoms with Crippen molar-refractivity contribution in [3.63, 3.8) is 0 Å². The maximum absolute atomic E-state index is 12.2. The number of halogens is 3. The van der Waals surface area contributed by atoms with Crippen molar-refractivity contribution >= 4 is 17.3 Å². The molecule has 0 aliphatic carbocycles. The number of aliphatic hydroxyl groups is 1. The molecule has 0 spiro atoms. The maximum Gasteiger partial charge on any atom is 0.405 e. The molecule has 1 aliphatic rings. The second-order valence-corrected chi connectivity index (χ2v) is 4.13. The molecule has 1 aromatic carbocycles. The third-order valence-corrected chi connectivity index (χ3v) is 2.69. The molecule has 0 saturated carbocycles. The van der Waals surface area contributed by atoms with Crippen molar-refractivity contribution in [1.29, 1.82) is 0 Å². The molecule has 0 bridgehead atoms. The number of aliphatic hydroxyl groups excluding tert-OH is 1. The van der Waals surface area contributed by atoms with Gasteiger partial charge in [-0.3, -0.25) is 4.79 Å². The second kappa shape index (κ2) is 4.16. The normalized spacial score (nSPS) is 18.5. The number of nitrogens with zero attached hydrogens (tertiary/aromatic N) is 1. The second-order valence-electron chi connectivity index (χ2n) is 4.13. The number of alkyl halides is 3. The summed E-state index contributed by atoms with van der Waals surface area (Å²) in [5, 5.41) is 11.9. The molecule has 7 heteroatoms. The summed E-state index contributed by atoms with van der Waals surface area (Å²) in [4.78, 5) is 12.2. The number of fused-ring (bicyclic) bond motifs is 1. The van der Waals surface area contributed by atoms with Gasteiger partial charge in [0.15, 0.2) is 6.10 Å². The molecule has 0 radical (unpaired) electrons.